The number of nitrogens with zero attached hydrogens (tertiary/aromatic N) is 5. The highest BCUT2D eigenvalue weighted by molar-refractivity contribution is 5.97. The van der Waals surface area contributed by atoms with Gasteiger partial charge in [-0.15, -0.1) is 10.2 Å². The molecule has 0 atom stereocenters. The molecule has 21 heavy (non-hydrogen) atoms. The second kappa shape index (κ2) is 5.55. The van der Waals surface area contributed by atoms with E-state index in [0.29, 0.717) is 6.54 Å². The predicted molar refractivity (Wildman–Crippen MR) is 83.4 cm³/mol. The summed E-state index contributed by atoms with van der Waals surface area (Å²) in [5.74, 6) is 2.69. The van der Waals surface area contributed by atoms with Crippen molar-refractivity contribution >= 4 is 11.6 Å². The lowest BCUT2D eigenvalue weighted by Gasteiger charge is -2.22. The molecule has 3 rings (SSSR count). The third kappa shape index (κ3) is 2.49. The zero-order valence-electron chi connectivity index (χ0n) is 12.7. The fraction of sp³-hybridized carbons (Fsp3) is 0.400. The number of hydrogen-bond acceptors (Lipinski definition) is 3. The number of fused-ring (bicyclic) bond motifs is 1. The van der Waals surface area contributed by atoms with Crippen molar-refractivity contribution in [1.29, 1.82) is 0 Å². The molecule has 1 aromatic heterocycles. The number of aromatic nitrogens is 3. The number of rotatable bonds is 2. The van der Waals surface area contributed by atoms with Crippen LogP contribution in [0.3, 0.4) is 0 Å². The number of guanidine groups is 1. The number of nitrogens with one attached hydrogen (secondary N) is 1. The number of aryl methyl sites for hydroxylation is 1. The van der Waals surface area contributed by atoms with Crippen LogP contribution in [0.2, 0.25) is 0 Å². The Labute approximate surface area is 124 Å². The van der Waals surface area contributed by atoms with Crippen LogP contribution in [0.25, 0.3) is 0 Å². The highest BCUT2D eigenvalue weighted by Gasteiger charge is 2.22. The Balaban J connectivity index is 1.74. The van der Waals surface area contributed by atoms with Crippen LogP contribution in [-0.2, 0) is 20.0 Å². The molecule has 110 valence electrons. The predicted octanol–water partition coefficient (Wildman–Crippen LogP) is 1.26. The van der Waals surface area contributed by atoms with Crippen molar-refractivity contribution in [3.05, 3.63) is 41.5 Å². The normalized spacial score (nSPS) is 14.4. The summed E-state index contributed by atoms with van der Waals surface area (Å²) in [6, 6.07) is 8.47. The average Bonchev–Trinajstić information content (AvgIpc) is 3.06. The molecule has 0 saturated heterocycles. The van der Waals surface area contributed by atoms with Gasteiger partial charge in [0.1, 0.15) is 5.82 Å². The van der Waals surface area contributed by atoms with Gasteiger partial charge in [0.2, 0.25) is 0 Å². The van der Waals surface area contributed by atoms with Crippen LogP contribution in [-0.4, -0.2) is 34.3 Å². The van der Waals surface area contributed by atoms with Crippen molar-refractivity contribution in [2.75, 3.05) is 18.5 Å². The fourth-order valence-electron chi connectivity index (χ4n) is 2.62. The summed E-state index contributed by atoms with van der Waals surface area (Å²) in [4.78, 5) is 6.62. The highest BCUT2D eigenvalue weighted by Crippen LogP contribution is 2.27. The molecule has 1 N–H and O–H groups in total. The van der Waals surface area contributed by atoms with Gasteiger partial charge in [-0.3, -0.25) is 4.99 Å². The van der Waals surface area contributed by atoms with Crippen LogP contribution in [0.15, 0.2) is 29.3 Å². The standard InChI is InChI=1S/C15H20N6/c1-11-18-19-14(20(11)3)10-17-15(16-2)21-9-8-12-6-4-5-7-13(12)21/h4-7H,8-10H2,1-3H3,(H,16,17). The Kier molecular flexibility index (Phi) is 3.60. The van der Waals surface area contributed by atoms with Crippen LogP contribution >= 0.6 is 0 Å². The highest BCUT2D eigenvalue weighted by atomic mass is 15.3. The summed E-state index contributed by atoms with van der Waals surface area (Å²) < 4.78 is 1.98. The van der Waals surface area contributed by atoms with Crippen LogP contribution in [0.4, 0.5) is 5.69 Å². The molecule has 1 aliphatic rings. The second-order valence-electron chi connectivity index (χ2n) is 5.15. The first kappa shape index (κ1) is 13.6. The number of benzene rings is 1. The van der Waals surface area contributed by atoms with Gasteiger partial charge >= 0.3 is 0 Å². The van der Waals surface area contributed by atoms with Gasteiger partial charge in [0.15, 0.2) is 11.8 Å². The maximum absolute atomic E-state index is 4.39. The largest absolute Gasteiger partial charge is 0.349 e. The molecule has 0 radical (unpaired) electrons. The van der Waals surface area contributed by atoms with Crippen molar-refractivity contribution in [1.82, 2.24) is 20.1 Å². The fourth-order valence-corrected chi connectivity index (χ4v) is 2.62. The molecule has 0 unspecified atom stereocenters. The molecular formula is C15H20N6. The first-order valence-electron chi connectivity index (χ1n) is 7.11. The van der Waals surface area contributed by atoms with Crippen LogP contribution < -0.4 is 10.2 Å². The lowest BCUT2D eigenvalue weighted by Crippen LogP contribution is -2.40. The smallest absolute Gasteiger partial charge is 0.198 e. The number of para-hydroxylation sites is 1. The third-order valence-corrected chi connectivity index (χ3v) is 3.94. The van der Waals surface area contributed by atoms with Gasteiger partial charge < -0.3 is 14.8 Å². The number of anilines is 1. The van der Waals surface area contributed by atoms with Gasteiger partial charge in [-0.1, -0.05) is 18.2 Å². The van der Waals surface area contributed by atoms with E-state index in [1.807, 2.05) is 25.6 Å². The SMILES string of the molecule is CN=C(NCc1nnc(C)n1C)N1CCc2ccccc21. The summed E-state index contributed by atoms with van der Waals surface area (Å²) >= 11 is 0. The molecule has 0 saturated carbocycles. The first-order valence-corrected chi connectivity index (χ1v) is 7.11. The Hall–Kier alpha value is -2.37. The summed E-state index contributed by atoms with van der Waals surface area (Å²) in [6.45, 7) is 3.52. The number of hydrogen-bond donors (Lipinski definition) is 1. The van der Waals surface area contributed by atoms with Gasteiger partial charge in [0.05, 0.1) is 6.54 Å². The molecule has 0 spiro atoms. The molecule has 6 nitrogen and oxygen atoms in total. The molecule has 2 aromatic rings. The van der Waals surface area contributed by atoms with Gasteiger partial charge in [-0.2, -0.15) is 0 Å². The van der Waals surface area contributed by atoms with E-state index in [0.717, 1.165) is 30.6 Å². The zero-order valence-corrected chi connectivity index (χ0v) is 12.7. The third-order valence-electron chi connectivity index (χ3n) is 3.94. The molecule has 2 heterocycles. The minimum atomic E-state index is 0.614. The summed E-state index contributed by atoms with van der Waals surface area (Å²) in [6.07, 6.45) is 1.06. The van der Waals surface area contributed by atoms with E-state index >= 15 is 0 Å². The van der Waals surface area contributed by atoms with Crippen molar-refractivity contribution in [2.45, 2.75) is 19.9 Å². The summed E-state index contributed by atoms with van der Waals surface area (Å²) in [5.41, 5.74) is 2.61. The van der Waals surface area contributed by atoms with Crippen molar-refractivity contribution in [3.8, 4) is 0 Å². The van der Waals surface area contributed by atoms with Crippen LogP contribution in [0, 0.1) is 6.92 Å². The molecule has 0 fully saturated rings. The van der Waals surface area contributed by atoms with E-state index in [4.69, 9.17) is 0 Å². The minimum absolute atomic E-state index is 0.614. The minimum Gasteiger partial charge on any atom is -0.349 e. The van der Waals surface area contributed by atoms with E-state index in [9.17, 15) is 0 Å². The quantitative estimate of drug-likeness (QED) is 0.666. The van der Waals surface area contributed by atoms with E-state index in [2.05, 4.69) is 49.7 Å². The monoisotopic (exact) mass is 284 g/mol. The summed E-state index contributed by atoms with van der Waals surface area (Å²) in [5, 5.41) is 11.6. The Morgan fingerprint density at radius 1 is 1.33 bits per heavy atom. The van der Waals surface area contributed by atoms with E-state index < -0.39 is 0 Å². The maximum atomic E-state index is 4.39. The van der Waals surface area contributed by atoms with Crippen molar-refractivity contribution < 1.29 is 0 Å². The van der Waals surface area contributed by atoms with Crippen LogP contribution in [0.5, 0.6) is 0 Å². The molecule has 0 bridgehead atoms. The van der Waals surface area contributed by atoms with Crippen molar-refractivity contribution in [3.63, 3.8) is 0 Å². The number of aliphatic imine (C=N–C) groups is 1. The van der Waals surface area contributed by atoms with E-state index in [1.54, 1.807) is 0 Å². The van der Waals surface area contributed by atoms with Crippen LogP contribution in [0.1, 0.15) is 17.2 Å². The molecule has 1 aromatic carbocycles. The average molecular weight is 284 g/mol. The molecule has 0 amide bonds. The lowest BCUT2D eigenvalue weighted by atomic mass is 10.2. The van der Waals surface area contributed by atoms with Gasteiger partial charge in [0, 0.05) is 26.3 Å². The van der Waals surface area contributed by atoms with E-state index in [1.165, 1.54) is 11.3 Å². The van der Waals surface area contributed by atoms with Crippen molar-refractivity contribution in [2.24, 2.45) is 12.0 Å². The lowest BCUT2D eigenvalue weighted by molar-refractivity contribution is 0.729. The second-order valence-corrected chi connectivity index (χ2v) is 5.15. The molecule has 0 aliphatic carbocycles. The van der Waals surface area contributed by atoms with Gasteiger partial charge in [-0.05, 0) is 25.0 Å². The van der Waals surface area contributed by atoms with Gasteiger partial charge in [-0.25, -0.2) is 0 Å². The Bertz CT molecular complexity index is 673. The Morgan fingerprint density at radius 3 is 2.86 bits per heavy atom. The first-order chi connectivity index (χ1) is 10.2. The Morgan fingerprint density at radius 2 is 2.14 bits per heavy atom. The van der Waals surface area contributed by atoms with Gasteiger partial charge in [0.25, 0.3) is 0 Å². The molecular weight excluding hydrogens is 264 g/mol. The maximum Gasteiger partial charge on any atom is 0.198 e. The zero-order chi connectivity index (χ0) is 14.8. The molecule has 6 heteroatoms. The van der Waals surface area contributed by atoms with E-state index in [-0.39, 0.29) is 0 Å². The topological polar surface area (TPSA) is 58.3 Å². The molecule has 1 aliphatic heterocycles. The summed E-state index contributed by atoms with van der Waals surface area (Å²) in [7, 11) is 3.78.